The van der Waals surface area contributed by atoms with Gasteiger partial charge in [-0.05, 0) is 0 Å². The minimum atomic E-state index is 0.367. The van der Waals surface area contributed by atoms with Gasteiger partial charge < -0.3 is 4.57 Å². The molecule has 0 saturated carbocycles. The molecule has 58 valence electrons. The Bertz CT molecular complexity index is 280. The number of aldehydes is 1. The number of rotatable bonds is 3. The average Bonchev–Trinajstić information content (AvgIpc) is 2.34. The van der Waals surface area contributed by atoms with Crippen LogP contribution in [0.15, 0.2) is 24.0 Å². The van der Waals surface area contributed by atoms with Crippen molar-refractivity contribution in [3.05, 3.63) is 29.8 Å². The van der Waals surface area contributed by atoms with Crippen molar-refractivity contribution in [2.45, 2.75) is 6.54 Å². The molecule has 11 heavy (non-hydrogen) atoms. The molecule has 0 fully saturated rings. The Morgan fingerprint density at radius 2 is 2.64 bits per heavy atom. The van der Waals surface area contributed by atoms with Gasteiger partial charge in [-0.2, -0.15) is 0 Å². The first-order valence-electron chi connectivity index (χ1n) is 3.03. The molecule has 1 heterocycles. The number of carbonyl (C=O) groups excluding carboxylic acids is 1. The molecule has 0 unspecified atom stereocenters. The number of nitrogens with zero attached hydrogens (tertiary/aromatic N) is 2. The molecular formula is C7H7ClN2O. The van der Waals surface area contributed by atoms with Gasteiger partial charge in [-0.1, -0.05) is 18.2 Å². The molecule has 0 aromatic carbocycles. The van der Waals surface area contributed by atoms with E-state index in [0.717, 1.165) is 0 Å². The van der Waals surface area contributed by atoms with Crippen LogP contribution in [0.5, 0.6) is 0 Å². The summed E-state index contributed by atoms with van der Waals surface area (Å²) in [5.41, 5.74) is 0. The lowest BCUT2D eigenvalue weighted by atomic mass is 10.5. The van der Waals surface area contributed by atoms with Crippen molar-refractivity contribution in [2.75, 3.05) is 0 Å². The summed E-state index contributed by atoms with van der Waals surface area (Å²) >= 11 is 5.54. The fourth-order valence-electron chi connectivity index (χ4n) is 0.757. The van der Waals surface area contributed by atoms with Gasteiger partial charge >= 0.3 is 0 Å². The fourth-order valence-corrected chi connectivity index (χ4v) is 0.886. The molecule has 0 aliphatic heterocycles. The van der Waals surface area contributed by atoms with Crippen LogP contribution in [-0.4, -0.2) is 15.8 Å². The van der Waals surface area contributed by atoms with Crippen molar-refractivity contribution < 1.29 is 4.79 Å². The molecule has 1 aromatic rings. The Kier molecular flexibility index (Phi) is 2.44. The summed E-state index contributed by atoms with van der Waals surface area (Å²) in [6, 6.07) is 0. The zero-order chi connectivity index (χ0) is 8.27. The van der Waals surface area contributed by atoms with E-state index >= 15 is 0 Å². The summed E-state index contributed by atoms with van der Waals surface area (Å²) < 4.78 is 1.63. The van der Waals surface area contributed by atoms with Gasteiger partial charge in [-0.15, -0.1) is 0 Å². The summed E-state index contributed by atoms with van der Waals surface area (Å²) in [6.07, 6.45) is 3.90. The van der Waals surface area contributed by atoms with Gasteiger partial charge in [0.25, 0.3) is 0 Å². The lowest BCUT2D eigenvalue weighted by Gasteiger charge is -1.99. The quantitative estimate of drug-likeness (QED) is 0.644. The van der Waals surface area contributed by atoms with Gasteiger partial charge in [0.15, 0.2) is 12.1 Å². The van der Waals surface area contributed by atoms with Crippen LogP contribution in [0.4, 0.5) is 0 Å². The third-order valence-electron chi connectivity index (χ3n) is 1.20. The number of halogens is 1. The zero-order valence-corrected chi connectivity index (χ0v) is 6.58. The predicted octanol–water partition coefficient (Wildman–Crippen LogP) is 1.45. The lowest BCUT2D eigenvalue weighted by molar-refractivity contribution is 0.111. The Balaban J connectivity index is 2.84. The van der Waals surface area contributed by atoms with Crippen molar-refractivity contribution in [3.8, 4) is 0 Å². The Hall–Kier alpha value is -1.09. The van der Waals surface area contributed by atoms with Gasteiger partial charge in [-0.3, -0.25) is 4.79 Å². The van der Waals surface area contributed by atoms with E-state index in [9.17, 15) is 4.79 Å². The SMILES string of the molecule is C=C(Cl)Cn1ccnc1C=O. The van der Waals surface area contributed by atoms with Gasteiger partial charge in [-0.25, -0.2) is 4.98 Å². The van der Waals surface area contributed by atoms with E-state index in [0.29, 0.717) is 23.7 Å². The second-order valence-corrected chi connectivity index (χ2v) is 2.58. The molecule has 0 atom stereocenters. The van der Waals surface area contributed by atoms with Crippen molar-refractivity contribution in [1.82, 2.24) is 9.55 Å². The number of carbonyl (C=O) groups is 1. The smallest absolute Gasteiger partial charge is 0.185 e. The summed E-state index contributed by atoms with van der Waals surface area (Å²) in [5.74, 6) is 0.367. The molecule has 0 saturated heterocycles. The molecule has 0 spiro atoms. The van der Waals surface area contributed by atoms with E-state index < -0.39 is 0 Å². The predicted molar refractivity (Wildman–Crippen MR) is 42.6 cm³/mol. The first-order chi connectivity index (χ1) is 5.24. The highest BCUT2D eigenvalue weighted by Gasteiger charge is 1.99. The highest BCUT2D eigenvalue weighted by Crippen LogP contribution is 2.03. The van der Waals surface area contributed by atoms with Crippen LogP contribution >= 0.6 is 11.6 Å². The molecule has 1 rings (SSSR count). The molecule has 0 radical (unpaired) electrons. The monoisotopic (exact) mass is 170 g/mol. The van der Waals surface area contributed by atoms with E-state index in [1.165, 1.54) is 0 Å². The number of hydrogen-bond donors (Lipinski definition) is 0. The van der Waals surface area contributed by atoms with Gasteiger partial charge in [0.2, 0.25) is 0 Å². The zero-order valence-electron chi connectivity index (χ0n) is 5.83. The maximum Gasteiger partial charge on any atom is 0.185 e. The Morgan fingerprint density at radius 3 is 3.18 bits per heavy atom. The van der Waals surface area contributed by atoms with Crippen LogP contribution in [0.3, 0.4) is 0 Å². The van der Waals surface area contributed by atoms with E-state index in [1.807, 2.05) is 0 Å². The topological polar surface area (TPSA) is 34.9 Å². The third kappa shape index (κ3) is 1.91. The standard InChI is InChI=1S/C7H7ClN2O/c1-6(8)4-10-3-2-9-7(10)5-11/h2-3,5H,1,4H2. The van der Waals surface area contributed by atoms with E-state index in [1.54, 1.807) is 17.0 Å². The summed E-state index contributed by atoms with van der Waals surface area (Å²) in [7, 11) is 0. The van der Waals surface area contributed by atoms with Crippen LogP contribution in [0.25, 0.3) is 0 Å². The molecule has 4 heteroatoms. The van der Waals surface area contributed by atoms with Gasteiger partial charge in [0.05, 0.1) is 6.54 Å². The Labute approximate surface area is 69.3 Å². The van der Waals surface area contributed by atoms with Crippen LogP contribution in [0.2, 0.25) is 0 Å². The van der Waals surface area contributed by atoms with E-state index in [4.69, 9.17) is 11.6 Å². The lowest BCUT2D eigenvalue weighted by Crippen LogP contribution is -2.01. The highest BCUT2D eigenvalue weighted by atomic mass is 35.5. The molecular weight excluding hydrogens is 164 g/mol. The molecule has 0 aliphatic carbocycles. The van der Waals surface area contributed by atoms with Crippen molar-refractivity contribution >= 4 is 17.9 Å². The summed E-state index contributed by atoms with van der Waals surface area (Å²) in [5, 5.41) is 0.478. The molecule has 0 bridgehead atoms. The molecule has 0 N–H and O–H groups in total. The summed E-state index contributed by atoms with van der Waals surface area (Å²) in [6.45, 7) is 3.93. The third-order valence-corrected chi connectivity index (χ3v) is 1.31. The average molecular weight is 171 g/mol. The fraction of sp³-hybridized carbons (Fsp3) is 0.143. The van der Waals surface area contributed by atoms with Crippen LogP contribution < -0.4 is 0 Å². The number of allylic oxidation sites excluding steroid dienone is 1. The van der Waals surface area contributed by atoms with Crippen molar-refractivity contribution in [1.29, 1.82) is 0 Å². The molecule has 1 aromatic heterocycles. The largest absolute Gasteiger partial charge is 0.323 e. The number of imidazole rings is 1. The van der Waals surface area contributed by atoms with Crippen LogP contribution in [0.1, 0.15) is 10.6 Å². The van der Waals surface area contributed by atoms with Gasteiger partial charge in [0.1, 0.15) is 0 Å². The van der Waals surface area contributed by atoms with Crippen LogP contribution in [0, 0.1) is 0 Å². The maximum atomic E-state index is 10.3. The minimum absolute atomic E-state index is 0.367. The highest BCUT2D eigenvalue weighted by molar-refractivity contribution is 6.29. The van der Waals surface area contributed by atoms with Crippen molar-refractivity contribution in [3.63, 3.8) is 0 Å². The van der Waals surface area contributed by atoms with Gasteiger partial charge in [0, 0.05) is 17.4 Å². The summed E-state index contributed by atoms with van der Waals surface area (Å²) in [4.78, 5) is 14.1. The normalized spacial score (nSPS) is 9.55. The number of hydrogen-bond acceptors (Lipinski definition) is 2. The second-order valence-electron chi connectivity index (χ2n) is 2.05. The first-order valence-corrected chi connectivity index (χ1v) is 3.41. The first kappa shape index (κ1) is 8.01. The Morgan fingerprint density at radius 1 is 1.91 bits per heavy atom. The molecule has 3 nitrogen and oxygen atoms in total. The van der Waals surface area contributed by atoms with Crippen molar-refractivity contribution in [2.24, 2.45) is 0 Å². The maximum absolute atomic E-state index is 10.3. The van der Waals surface area contributed by atoms with E-state index in [2.05, 4.69) is 11.6 Å². The van der Waals surface area contributed by atoms with Crippen LogP contribution in [-0.2, 0) is 6.54 Å². The molecule has 0 amide bonds. The minimum Gasteiger partial charge on any atom is -0.323 e. The second kappa shape index (κ2) is 3.34. The number of aromatic nitrogens is 2. The molecule has 0 aliphatic rings. The van der Waals surface area contributed by atoms with E-state index in [-0.39, 0.29) is 0 Å².